The van der Waals surface area contributed by atoms with Crippen LogP contribution in [0.15, 0.2) is 71.2 Å². The Kier molecular flexibility index (Phi) is 8.16. The number of hydrogen-bond acceptors (Lipinski definition) is 5. The van der Waals surface area contributed by atoms with E-state index in [0.717, 1.165) is 15.6 Å². The topological polar surface area (TPSA) is 66.0 Å². The van der Waals surface area contributed by atoms with E-state index >= 15 is 0 Å². The van der Waals surface area contributed by atoms with E-state index in [9.17, 15) is 4.79 Å². The van der Waals surface area contributed by atoms with E-state index in [0.29, 0.717) is 35.3 Å². The Balaban J connectivity index is 1.73. The van der Waals surface area contributed by atoms with Gasteiger partial charge in [-0.3, -0.25) is 4.79 Å². The van der Waals surface area contributed by atoms with E-state index in [1.807, 2.05) is 36.4 Å². The first-order valence-electron chi connectivity index (χ1n) is 9.79. The lowest BCUT2D eigenvalue weighted by molar-refractivity contribution is -0.111. The van der Waals surface area contributed by atoms with Gasteiger partial charge in [0.1, 0.15) is 18.1 Å². The summed E-state index contributed by atoms with van der Waals surface area (Å²) in [6.07, 6.45) is 3.13. The zero-order valence-corrected chi connectivity index (χ0v) is 19.6. The number of hydrogen-bond donors (Lipinski definition) is 1. The third-order valence-electron chi connectivity index (χ3n) is 4.57. The predicted octanol–water partition coefficient (Wildman–Crippen LogP) is 5.71. The summed E-state index contributed by atoms with van der Waals surface area (Å²) in [5, 5.41) is 2.80. The second-order valence-corrected chi connectivity index (χ2v) is 7.55. The first-order chi connectivity index (χ1) is 15.5. The molecule has 0 aliphatic carbocycles. The van der Waals surface area contributed by atoms with Gasteiger partial charge in [-0.1, -0.05) is 30.3 Å². The lowest BCUT2D eigenvalue weighted by atomic mass is 10.1. The fraction of sp³-hybridized carbons (Fsp3) is 0.160. The Labute approximate surface area is 195 Å². The van der Waals surface area contributed by atoms with Gasteiger partial charge in [-0.15, -0.1) is 0 Å². The molecule has 1 N–H and O–H groups in total. The molecular weight excluding hydrogens is 474 g/mol. The zero-order chi connectivity index (χ0) is 22.9. The molecule has 166 valence electrons. The highest BCUT2D eigenvalue weighted by atomic mass is 79.9. The molecule has 3 aromatic rings. The summed E-state index contributed by atoms with van der Waals surface area (Å²) in [6, 6.07) is 18.7. The maximum absolute atomic E-state index is 12.5. The first kappa shape index (κ1) is 23.2. The molecule has 0 saturated heterocycles. The van der Waals surface area contributed by atoms with Crippen LogP contribution >= 0.6 is 15.9 Å². The second kappa shape index (κ2) is 11.2. The molecule has 3 aromatic carbocycles. The molecule has 0 saturated carbocycles. The lowest BCUT2D eigenvalue weighted by Gasteiger charge is -2.14. The van der Waals surface area contributed by atoms with Crippen molar-refractivity contribution in [1.82, 2.24) is 0 Å². The molecule has 0 aliphatic heterocycles. The van der Waals surface area contributed by atoms with E-state index in [2.05, 4.69) is 21.2 Å². The van der Waals surface area contributed by atoms with Crippen molar-refractivity contribution in [3.05, 3.63) is 82.3 Å². The molecule has 0 bridgehead atoms. The fourth-order valence-corrected chi connectivity index (χ4v) is 3.54. The van der Waals surface area contributed by atoms with Gasteiger partial charge < -0.3 is 24.3 Å². The van der Waals surface area contributed by atoms with Crippen LogP contribution in [0.2, 0.25) is 0 Å². The average Bonchev–Trinajstić information content (AvgIpc) is 2.82. The minimum Gasteiger partial charge on any atom is -0.497 e. The normalized spacial score (nSPS) is 10.6. The van der Waals surface area contributed by atoms with Gasteiger partial charge in [-0.05, 0) is 57.4 Å². The van der Waals surface area contributed by atoms with E-state index in [4.69, 9.17) is 18.9 Å². The van der Waals surface area contributed by atoms with Gasteiger partial charge >= 0.3 is 0 Å². The Hall–Kier alpha value is -3.45. The number of carbonyl (C=O) groups is 1. The monoisotopic (exact) mass is 497 g/mol. The number of carbonyl (C=O) groups excluding carboxylic acids is 1. The lowest BCUT2D eigenvalue weighted by Crippen LogP contribution is -2.09. The number of amides is 1. The van der Waals surface area contributed by atoms with Crippen LogP contribution in [0.4, 0.5) is 5.69 Å². The number of rotatable bonds is 9. The van der Waals surface area contributed by atoms with Crippen molar-refractivity contribution < 1.29 is 23.7 Å². The molecule has 1 amide bonds. The molecule has 0 radical (unpaired) electrons. The molecule has 3 rings (SSSR count). The van der Waals surface area contributed by atoms with Crippen molar-refractivity contribution in [2.45, 2.75) is 6.61 Å². The number of halogens is 1. The average molecular weight is 498 g/mol. The van der Waals surface area contributed by atoms with Gasteiger partial charge in [0, 0.05) is 12.1 Å². The predicted molar refractivity (Wildman–Crippen MR) is 129 cm³/mol. The van der Waals surface area contributed by atoms with Crippen LogP contribution < -0.4 is 24.3 Å². The Morgan fingerprint density at radius 3 is 2.38 bits per heavy atom. The van der Waals surface area contributed by atoms with Crippen LogP contribution in [0.1, 0.15) is 11.1 Å². The highest BCUT2D eigenvalue weighted by molar-refractivity contribution is 9.10. The molecule has 0 atom stereocenters. The molecular formula is C25H24BrNO5. The summed E-state index contributed by atoms with van der Waals surface area (Å²) >= 11 is 3.54. The van der Waals surface area contributed by atoms with Crippen LogP contribution in [0.5, 0.6) is 23.0 Å². The maximum atomic E-state index is 12.5. The van der Waals surface area contributed by atoms with Gasteiger partial charge in [0.2, 0.25) is 5.91 Å². The Bertz CT molecular complexity index is 1100. The van der Waals surface area contributed by atoms with E-state index in [1.165, 1.54) is 6.08 Å². The molecule has 0 fully saturated rings. The largest absolute Gasteiger partial charge is 0.497 e. The quantitative estimate of drug-likeness (QED) is 0.383. The van der Waals surface area contributed by atoms with Crippen molar-refractivity contribution in [3.63, 3.8) is 0 Å². The van der Waals surface area contributed by atoms with Crippen molar-refractivity contribution in [2.75, 3.05) is 26.6 Å². The van der Waals surface area contributed by atoms with Crippen molar-refractivity contribution >= 4 is 33.6 Å². The first-order valence-corrected chi connectivity index (χ1v) is 10.6. The second-order valence-electron chi connectivity index (χ2n) is 6.70. The van der Waals surface area contributed by atoms with Crippen LogP contribution in [0, 0.1) is 0 Å². The van der Waals surface area contributed by atoms with Gasteiger partial charge in [-0.25, -0.2) is 0 Å². The molecule has 7 heteroatoms. The standard InChI is InChI=1S/C25H24BrNO5/c1-29-19-10-11-22(30-2)21(15-19)27-24(28)12-9-18-13-20(26)25(23(14-18)31-3)32-16-17-7-5-4-6-8-17/h4-15H,16H2,1-3H3,(H,27,28). The zero-order valence-electron chi connectivity index (χ0n) is 18.1. The minimum absolute atomic E-state index is 0.309. The van der Waals surface area contributed by atoms with Crippen LogP contribution in [0.25, 0.3) is 6.08 Å². The third-order valence-corrected chi connectivity index (χ3v) is 5.16. The molecule has 0 unspecified atom stereocenters. The number of nitrogens with one attached hydrogen (secondary N) is 1. The minimum atomic E-state index is -0.309. The molecule has 32 heavy (non-hydrogen) atoms. The summed E-state index contributed by atoms with van der Waals surface area (Å²) < 4.78 is 22.7. The van der Waals surface area contributed by atoms with Crippen LogP contribution in [-0.2, 0) is 11.4 Å². The molecule has 0 aliphatic rings. The Morgan fingerprint density at radius 2 is 1.69 bits per heavy atom. The summed E-state index contributed by atoms with van der Waals surface area (Å²) in [6.45, 7) is 0.412. The summed E-state index contributed by atoms with van der Waals surface area (Å²) in [7, 11) is 4.68. The highest BCUT2D eigenvalue weighted by Gasteiger charge is 2.12. The van der Waals surface area contributed by atoms with Crippen molar-refractivity contribution in [1.29, 1.82) is 0 Å². The van der Waals surface area contributed by atoms with Crippen molar-refractivity contribution in [3.8, 4) is 23.0 Å². The number of methoxy groups -OCH3 is 3. The van der Waals surface area contributed by atoms with Crippen LogP contribution in [0.3, 0.4) is 0 Å². The smallest absolute Gasteiger partial charge is 0.248 e. The molecule has 0 aromatic heterocycles. The molecule has 6 nitrogen and oxygen atoms in total. The summed E-state index contributed by atoms with van der Waals surface area (Å²) in [5.74, 6) is 2.00. The number of ether oxygens (including phenoxy) is 4. The van der Waals surface area contributed by atoms with E-state index in [1.54, 1.807) is 51.7 Å². The Morgan fingerprint density at radius 1 is 0.938 bits per heavy atom. The van der Waals surface area contributed by atoms with Crippen LogP contribution in [-0.4, -0.2) is 27.2 Å². The highest BCUT2D eigenvalue weighted by Crippen LogP contribution is 2.37. The SMILES string of the molecule is COc1ccc(OC)c(NC(=O)C=Cc2cc(Br)c(OCc3ccccc3)c(OC)c2)c1. The molecule has 0 spiro atoms. The molecule has 0 heterocycles. The summed E-state index contributed by atoms with van der Waals surface area (Å²) in [5.41, 5.74) is 2.34. The van der Waals surface area contributed by atoms with E-state index < -0.39 is 0 Å². The van der Waals surface area contributed by atoms with Crippen molar-refractivity contribution in [2.24, 2.45) is 0 Å². The van der Waals surface area contributed by atoms with Gasteiger partial charge in [0.25, 0.3) is 0 Å². The van der Waals surface area contributed by atoms with Gasteiger partial charge in [0.05, 0.1) is 31.5 Å². The third kappa shape index (κ3) is 6.04. The summed E-state index contributed by atoms with van der Waals surface area (Å²) in [4.78, 5) is 12.5. The maximum Gasteiger partial charge on any atom is 0.248 e. The fourth-order valence-electron chi connectivity index (χ4n) is 2.96. The number of benzene rings is 3. The van der Waals surface area contributed by atoms with Gasteiger partial charge in [0.15, 0.2) is 11.5 Å². The van der Waals surface area contributed by atoms with E-state index in [-0.39, 0.29) is 5.91 Å². The number of anilines is 1. The van der Waals surface area contributed by atoms with Gasteiger partial charge in [-0.2, -0.15) is 0 Å².